The monoisotopic (exact) mass is 226 g/mol. The Kier molecular flexibility index (Phi) is 5.78. The van der Waals surface area contributed by atoms with Crippen molar-refractivity contribution in [2.45, 2.75) is 33.7 Å². The van der Waals surface area contributed by atoms with Crippen LogP contribution in [0.4, 0.5) is 0 Å². The summed E-state index contributed by atoms with van der Waals surface area (Å²) in [6, 6.07) is 0.0532. The van der Waals surface area contributed by atoms with Gasteiger partial charge in [-0.25, -0.2) is 0 Å². The lowest BCUT2D eigenvalue weighted by molar-refractivity contribution is -0.122. The zero-order chi connectivity index (χ0) is 12.9. The molecule has 92 valence electrons. The lowest BCUT2D eigenvalue weighted by atomic mass is 10.1. The minimum absolute atomic E-state index is 0.0532. The van der Waals surface area contributed by atoms with Gasteiger partial charge in [-0.2, -0.15) is 0 Å². The smallest absolute Gasteiger partial charge is 0.256 e. The second-order valence-electron chi connectivity index (χ2n) is 4.57. The van der Waals surface area contributed by atoms with Gasteiger partial charge in [0.05, 0.1) is 5.57 Å². The van der Waals surface area contributed by atoms with Crippen LogP contribution >= 0.6 is 0 Å². The van der Waals surface area contributed by atoms with Crippen molar-refractivity contribution < 1.29 is 9.59 Å². The summed E-state index contributed by atoms with van der Waals surface area (Å²) < 4.78 is 0. The predicted molar refractivity (Wildman–Crippen MR) is 64.9 cm³/mol. The van der Waals surface area contributed by atoms with E-state index in [1.807, 2.05) is 20.8 Å². The van der Waals surface area contributed by atoms with E-state index in [4.69, 9.17) is 0 Å². The number of nitrogens with one attached hydrogen (secondary N) is 1. The van der Waals surface area contributed by atoms with Gasteiger partial charge in [-0.15, -0.1) is 0 Å². The summed E-state index contributed by atoms with van der Waals surface area (Å²) in [6.07, 6.45) is 1.55. The zero-order valence-corrected chi connectivity index (χ0v) is 11.0. The van der Waals surface area contributed by atoms with Crippen LogP contribution in [0, 0.1) is 5.92 Å². The normalized spacial score (nSPS) is 13.6. The maximum absolute atomic E-state index is 11.8. The molecule has 16 heavy (non-hydrogen) atoms. The molecule has 1 atom stereocenters. The van der Waals surface area contributed by atoms with Crippen LogP contribution in [-0.2, 0) is 9.59 Å². The van der Waals surface area contributed by atoms with Gasteiger partial charge >= 0.3 is 0 Å². The molecule has 0 saturated heterocycles. The van der Waals surface area contributed by atoms with E-state index >= 15 is 0 Å². The van der Waals surface area contributed by atoms with Crippen molar-refractivity contribution in [3.8, 4) is 0 Å². The molecule has 4 nitrogen and oxygen atoms in total. The molecule has 0 aromatic rings. The molecule has 0 aliphatic heterocycles. The molecule has 1 amide bonds. The minimum atomic E-state index is -0.303. The van der Waals surface area contributed by atoms with Gasteiger partial charge in [0, 0.05) is 26.3 Å². The summed E-state index contributed by atoms with van der Waals surface area (Å²) >= 11 is 0. The molecule has 0 aliphatic carbocycles. The topological polar surface area (TPSA) is 49.4 Å². The summed E-state index contributed by atoms with van der Waals surface area (Å²) in [7, 11) is 3.56. The van der Waals surface area contributed by atoms with Crippen LogP contribution in [-0.4, -0.2) is 36.7 Å². The molecule has 0 rings (SSSR count). The molecule has 1 unspecified atom stereocenters. The van der Waals surface area contributed by atoms with E-state index in [9.17, 15) is 9.59 Å². The van der Waals surface area contributed by atoms with Crippen LogP contribution in [0.2, 0.25) is 0 Å². The third kappa shape index (κ3) is 4.96. The Labute approximate surface area is 97.7 Å². The molecule has 0 heterocycles. The van der Waals surface area contributed by atoms with Crippen LogP contribution in [0.3, 0.4) is 0 Å². The van der Waals surface area contributed by atoms with E-state index in [2.05, 4.69) is 5.32 Å². The molecule has 1 N–H and O–H groups in total. The maximum atomic E-state index is 11.8. The highest BCUT2D eigenvalue weighted by Gasteiger charge is 2.18. The second-order valence-corrected chi connectivity index (χ2v) is 4.57. The van der Waals surface area contributed by atoms with Gasteiger partial charge in [0.25, 0.3) is 5.91 Å². The van der Waals surface area contributed by atoms with Crippen molar-refractivity contribution in [1.29, 1.82) is 0 Å². The fourth-order valence-electron chi connectivity index (χ4n) is 1.02. The third-order valence-corrected chi connectivity index (χ3v) is 2.37. The molecule has 0 aliphatic rings. The molecule has 0 aromatic carbocycles. The Morgan fingerprint density at radius 3 is 2.00 bits per heavy atom. The van der Waals surface area contributed by atoms with Crippen molar-refractivity contribution in [3.05, 3.63) is 11.8 Å². The summed E-state index contributed by atoms with van der Waals surface area (Å²) in [5.74, 6) is -0.180. The van der Waals surface area contributed by atoms with Gasteiger partial charge in [0.1, 0.15) is 0 Å². The SMILES string of the molecule is CC(=O)/C(=C\N(C)C)C(=O)NC(C)C(C)C. The number of nitrogens with zero attached hydrogens (tertiary/aromatic N) is 1. The Hall–Kier alpha value is -1.32. The molecule has 0 fully saturated rings. The molecule has 0 radical (unpaired) electrons. The van der Waals surface area contributed by atoms with Gasteiger partial charge in [-0.05, 0) is 19.8 Å². The van der Waals surface area contributed by atoms with E-state index < -0.39 is 0 Å². The van der Waals surface area contributed by atoms with E-state index in [-0.39, 0.29) is 23.3 Å². The summed E-state index contributed by atoms with van der Waals surface area (Å²) in [6.45, 7) is 7.37. The lowest BCUT2D eigenvalue weighted by Gasteiger charge is -2.18. The Morgan fingerprint density at radius 2 is 1.69 bits per heavy atom. The third-order valence-electron chi connectivity index (χ3n) is 2.37. The molecule has 4 heteroatoms. The Bertz CT molecular complexity index is 293. The average molecular weight is 226 g/mol. The van der Waals surface area contributed by atoms with Crippen LogP contribution in [0.15, 0.2) is 11.8 Å². The van der Waals surface area contributed by atoms with Crippen LogP contribution < -0.4 is 5.32 Å². The second kappa shape index (κ2) is 6.30. The highest BCUT2D eigenvalue weighted by atomic mass is 16.2. The first kappa shape index (κ1) is 14.7. The minimum Gasteiger partial charge on any atom is -0.383 e. The molecule has 0 aromatic heterocycles. The molecule has 0 saturated carbocycles. The van der Waals surface area contributed by atoms with Gasteiger partial charge in [-0.1, -0.05) is 13.8 Å². The van der Waals surface area contributed by atoms with Crippen LogP contribution in [0.25, 0.3) is 0 Å². The summed E-state index contributed by atoms with van der Waals surface area (Å²) in [4.78, 5) is 24.8. The van der Waals surface area contributed by atoms with E-state index in [1.54, 1.807) is 25.2 Å². The first-order valence-corrected chi connectivity index (χ1v) is 5.45. The fourth-order valence-corrected chi connectivity index (χ4v) is 1.02. The van der Waals surface area contributed by atoms with Gasteiger partial charge in [0.15, 0.2) is 5.78 Å². The molecular formula is C12H22N2O2. The van der Waals surface area contributed by atoms with Crippen molar-refractivity contribution in [2.75, 3.05) is 14.1 Å². The number of rotatable bonds is 5. The van der Waals surface area contributed by atoms with Gasteiger partial charge in [-0.3, -0.25) is 9.59 Å². The first-order valence-electron chi connectivity index (χ1n) is 5.45. The number of carbonyl (C=O) groups is 2. The number of ketones is 1. The fraction of sp³-hybridized carbons (Fsp3) is 0.667. The Morgan fingerprint density at radius 1 is 1.19 bits per heavy atom. The maximum Gasteiger partial charge on any atom is 0.256 e. The van der Waals surface area contributed by atoms with Crippen molar-refractivity contribution in [3.63, 3.8) is 0 Å². The van der Waals surface area contributed by atoms with E-state index in [1.165, 1.54) is 6.92 Å². The number of hydrogen-bond donors (Lipinski definition) is 1. The largest absolute Gasteiger partial charge is 0.383 e. The zero-order valence-electron chi connectivity index (χ0n) is 11.0. The highest BCUT2D eigenvalue weighted by Crippen LogP contribution is 2.03. The summed E-state index contributed by atoms with van der Waals surface area (Å²) in [5.41, 5.74) is 0.192. The molecule has 0 spiro atoms. The highest BCUT2D eigenvalue weighted by molar-refractivity contribution is 6.18. The van der Waals surface area contributed by atoms with Crippen LogP contribution in [0.1, 0.15) is 27.7 Å². The van der Waals surface area contributed by atoms with E-state index in [0.29, 0.717) is 5.92 Å². The average Bonchev–Trinajstić information content (AvgIpc) is 2.12. The number of amides is 1. The molecular weight excluding hydrogens is 204 g/mol. The van der Waals surface area contributed by atoms with Crippen molar-refractivity contribution in [2.24, 2.45) is 5.92 Å². The predicted octanol–water partition coefficient (Wildman–Crippen LogP) is 1.18. The Balaban J connectivity index is 4.72. The quantitative estimate of drug-likeness (QED) is 0.435. The first-order chi connectivity index (χ1) is 7.25. The summed E-state index contributed by atoms with van der Waals surface area (Å²) in [5, 5.41) is 2.81. The van der Waals surface area contributed by atoms with Crippen molar-refractivity contribution in [1.82, 2.24) is 10.2 Å². The molecule has 0 bridgehead atoms. The van der Waals surface area contributed by atoms with Gasteiger partial charge in [0.2, 0.25) is 0 Å². The number of hydrogen-bond acceptors (Lipinski definition) is 3. The number of Topliss-reactive ketones (excluding diaryl/α,β-unsaturated/α-hetero) is 1. The lowest BCUT2D eigenvalue weighted by Crippen LogP contribution is -2.38. The van der Waals surface area contributed by atoms with Gasteiger partial charge < -0.3 is 10.2 Å². The standard InChI is InChI=1S/C12H22N2O2/c1-8(2)9(3)13-12(16)11(10(4)15)7-14(5)6/h7-9H,1-6H3,(H,13,16)/b11-7+. The number of carbonyl (C=O) groups excluding carboxylic acids is 2. The van der Waals surface area contributed by atoms with Crippen molar-refractivity contribution >= 4 is 11.7 Å². The van der Waals surface area contributed by atoms with E-state index in [0.717, 1.165) is 0 Å². The van der Waals surface area contributed by atoms with Crippen LogP contribution in [0.5, 0.6) is 0 Å².